The zero-order valence-corrected chi connectivity index (χ0v) is 9.80. The molecule has 1 unspecified atom stereocenters. The number of benzene rings is 1. The van der Waals surface area contributed by atoms with Crippen molar-refractivity contribution >= 4 is 11.9 Å². The maximum Gasteiger partial charge on any atom is 0.308 e. The molecule has 1 aromatic carbocycles. The van der Waals surface area contributed by atoms with Gasteiger partial charge >= 0.3 is 5.97 Å². The first-order valence-electron chi connectivity index (χ1n) is 5.81. The van der Waals surface area contributed by atoms with Crippen LogP contribution in [0.3, 0.4) is 0 Å². The molecule has 1 aromatic rings. The number of amides is 1. The number of carbonyl (C=O) groups is 2. The van der Waals surface area contributed by atoms with Gasteiger partial charge in [-0.15, -0.1) is 0 Å². The molecule has 1 aliphatic heterocycles. The molecule has 4 nitrogen and oxygen atoms in total. The first-order chi connectivity index (χ1) is 8.56. The van der Waals surface area contributed by atoms with Crippen LogP contribution >= 0.6 is 0 Å². The molecular weight excluding hydrogens is 237 g/mol. The number of hydrogen-bond donors (Lipinski definition) is 1. The predicted molar refractivity (Wildman–Crippen MR) is 62.2 cm³/mol. The highest BCUT2D eigenvalue weighted by molar-refractivity contribution is 5.80. The van der Waals surface area contributed by atoms with E-state index in [4.69, 9.17) is 5.11 Å². The summed E-state index contributed by atoms with van der Waals surface area (Å²) in [4.78, 5) is 24.1. The Morgan fingerprint density at radius 3 is 2.67 bits per heavy atom. The minimum atomic E-state index is -0.869. The number of likely N-dealkylation sites (tertiary alicyclic amines) is 1. The highest BCUT2D eigenvalue weighted by Gasteiger charge is 2.29. The van der Waals surface area contributed by atoms with E-state index >= 15 is 0 Å². The summed E-state index contributed by atoms with van der Waals surface area (Å²) in [6.45, 7) is 0.564. The van der Waals surface area contributed by atoms with Crippen LogP contribution in [0, 0.1) is 11.7 Å². The van der Waals surface area contributed by atoms with E-state index in [1.54, 1.807) is 12.1 Å². The van der Waals surface area contributed by atoms with Gasteiger partial charge in [-0.3, -0.25) is 9.59 Å². The fourth-order valence-electron chi connectivity index (χ4n) is 2.08. The van der Waals surface area contributed by atoms with Crippen LogP contribution in [-0.4, -0.2) is 28.4 Å². The van der Waals surface area contributed by atoms with Gasteiger partial charge in [-0.25, -0.2) is 4.39 Å². The Bertz CT molecular complexity index is 458. The molecule has 1 heterocycles. The van der Waals surface area contributed by atoms with Crippen molar-refractivity contribution in [2.75, 3.05) is 6.54 Å². The van der Waals surface area contributed by atoms with Crippen LogP contribution < -0.4 is 0 Å². The number of carboxylic acids is 1. The lowest BCUT2D eigenvalue weighted by Gasteiger charge is -2.30. The van der Waals surface area contributed by atoms with E-state index in [0.717, 1.165) is 5.56 Å². The molecule has 18 heavy (non-hydrogen) atoms. The van der Waals surface area contributed by atoms with Crippen LogP contribution in [0.1, 0.15) is 18.4 Å². The smallest absolute Gasteiger partial charge is 0.308 e. The van der Waals surface area contributed by atoms with E-state index in [2.05, 4.69) is 0 Å². The molecule has 0 saturated carbocycles. The number of hydrogen-bond acceptors (Lipinski definition) is 2. The van der Waals surface area contributed by atoms with Gasteiger partial charge in [0.2, 0.25) is 5.91 Å². The Hall–Kier alpha value is -1.91. The van der Waals surface area contributed by atoms with Crippen LogP contribution in [0.2, 0.25) is 0 Å². The third-order valence-corrected chi connectivity index (χ3v) is 3.14. The molecule has 1 atom stereocenters. The average molecular weight is 251 g/mol. The minimum Gasteiger partial charge on any atom is -0.481 e. The predicted octanol–water partition coefficient (Wildman–Crippen LogP) is 1.65. The molecule has 0 aliphatic carbocycles. The Morgan fingerprint density at radius 1 is 1.39 bits per heavy atom. The Morgan fingerprint density at radius 2 is 2.06 bits per heavy atom. The minimum absolute atomic E-state index is 0.0446. The van der Waals surface area contributed by atoms with E-state index in [1.165, 1.54) is 17.0 Å². The number of aliphatic carboxylic acids is 1. The number of halogens is 1. The molecule has 1 aliphatic rings. The monoisotopic (exact) mass is 251 g/mol. The van der Waals surface area contributed by atoms with Crippen molar-refractivity contribution in [2.45, 2.75) is 19.4 Å². The zero-order chi connectivity index (χ0) is 13.1. The number of carbonyl (C=O) groups excluding carboxylic acids is 1. The summed E-state index contributed by atoms with van der Waals surface area (Å²) in [5.74, 6) is -1.74. The van der Waals surface area contributed by atoms with Gasteiger partial charge in [0.05, 0.1) is 5.92 Å². The lowest BCUT2D eigenvalue weighted by atomic mass is 9.97. The maximum atomic E-state index is 12.8. The number of nitrogens with zero attached hydrogens (tertiary/aromatic N) is 1. The zero-order valence-electron chi connectivity index (χ0n) is 9.80. The van der Waals surface area contributed by atoms with Gasteiger partial charge in [0.15, 0.2) is 0 Å². The topological polar surface area (TPSA) is 57.6 Å². The number of rotatable bonds is 3. The summed E-state index contributed by atoms with van der Waals surface area (Å²) in [6.07, 6.45) is 0.659. The van der Waals surface area contributed by atoms with Crippen molar-refractivity contribution in [2.24, 2.45) is 5.92 Å². The van der Waals surface area contributed by atoms with Crippen LogP contribution in [0.5, 0.6) is 0 Å². The van der Waals surface area contributed by atoms with Crippen LogP contribution in [0.15, 0.2) is 24.3 Å². The summed E-state index contributed by atoms with van der Waals surface area (Å²) in [5.41, 5.74) is 0.802. The fraction of sp³-hybridized carbons (Fsp3) is 0.385. The van der Waals surface area contributed by atoms with Crippen molar-refractivity contribution in [3.63, 3.8) is 0 Å². The summed E-state index contributed by atoms with van der Waals surface area (Å²) >= 11 is 0. The van der Waals surface area contributed by atoms with Gasteiger partial charge in [0, 0.05) is 19.5 Å². The highest BCUT2D eigenvalue weighted by atomic mass is 19.1. The van der Waals surface area contributed by atoms with Crippen molar-refractivity contribution in [1.29, 1.82) is 0 Å². The molecule has 2 rings (SSSR count). The molecule has 0 bridgehead atoms. The molecule has 1 saturated heterocycles. The number of carboxylic acid groups (broad SMARTS) is 1. The highest BCUT2D eigenvalue weighted by Crippen LogP contribution is 2.20. The molecule has 5 heteroatoms. The Balaban J connectivity index is 2.04. The van der Waals surface area contributed by atoms with Gasteiger partial charge in [-0.1, -0.05) is 12.1 Å². The summed E-state index contributed by atoms with van der Waals surface area (Å²) < 4.78 is 12.8. The van der Waals surface area contributed by atoms with E-state index in [1.807, 2.05) is 0 Å². The molecule has 0 aromatic heterocycles. The second kappa shape index (κ2) is 5.16. The van der Waals surface area contributed by atoms with E-state index in [0.29, 0.717) is 13.0 Å². The molecule has 1 amide bonds. The van der Waals surface area contributed by atoms with Crippen LogP contribution in [0.4, 0.5) is 4.39 Å². The van der Waals surface area contributed by atoms with Gasteiger partial charge in [0.1, 0.15) is 5.82 Å². The largest absolute Gasteiger partial charge is 0.481 e. The third-order valence-electron chi connectivity index (χ3n) is 3.14. The molecule has 0 spiro atoms. The maximum absolute atomic E-state index is 12.8. The van der Waals surface area contributed by atoms with Gasteiger partial charge in [-0.05, 0) is 24.1 Å². The Labute approximate surface area is 104 Å². The van der Waals surface area contributed by atoms with Crippen LogP contribution in [0.25, 0.3) is 0 Å². The van der Waals surface area contributed by atoms with E-state index in [-0.39, 0.29) is 24.7 Å². The second-order valence-electron chi connectivity index (χ2n) is 4.47. The quantitative estimate of drug-likeness (QED) is 0.888. The summed E-state index contributed by atoms with van der Waals surface area (Å²) in [6, 6.07) is 5.87. The first kappa shape index (κ1) is 12.5. The first-order valence-corrected chi connectivity index (χ1v) is 5.81. The van der Waals surface area contributed by atoms with Gasteiger partial charge in [-0.2, -0.15) is 0 Å². The average Bonchev–Trinajstić information content (AvgIpc) is 2.34. The lowest BCUT2D eigenvalue weighted by molar-refractivity contribution is -0.147. The van der Waals surface area contributed by atoms with E-state index in [9.17, 15) is 14.0 Å². The number of piperidine rings is 1. The molecule has 1 fully saturated rings. The Kier molecular flexibility index (Phi) is 3.60. The molecule has 96 valence electrons. The van der Waals surface area contributed by atoms with E-state index < -0.39 is 11.9 Å². The standard InChI is InChI=1S/C13H14FNO3/c14-11-4-1-9(2-5-11)7-15-8-10(13(17)18)3-6-12(15)16/h1-2,4-5,10H,3,6-8H2,(H,17,18). The van der Waals surface area contributed by atoms with Crippen LogP contribution in [-0.2, 0) is 16.1 Å². The molecule has 1 N–H and O–H groups in total. The second-order valence-corrected chi connectivity index (χ2v) is 4.47. The van der Waals surface area contributed by atoms with Crippen molar-refractivity contribution in [1.82, 2.24) is 4.90 Å². The van der Waals surface area contributed by atoms with Crippen molar-refractivity contribution < 1.29 is 19.1 Å². The van der Waals surface area contributed by atoms with Gasteiger partial charge in [0.25, 0.3) is 0 Å². The van der Waals surface area contributed by atoms with Crippen molar-refractivity contribution in [3.8, 4) is 0 Å². The molecule has 0 radical (unpaired) electrons. The lowest BCUT2D eigenvalue weighted by Crippen LogP contribution is -2.41. The summed E-state index contributed by atoms with van der Waals surface area (Å²) in [5, 5.41) is 8.96. The summed E-state index contributed by atoms with van der Waals surface area (Å²) in [7, 11) is 0. The fourth-order valence-corrected chi connectivity index (χ4v) is 2.08. The SMILES string of the molecule is O=C(O)C1CCC(=O)N(Cc2ccc(F)cc2)C1. The third kappa shape index (κ3) is 2.85. The molecular formula is C13H14FNO3. The van der Waals surface area contributed by atoms with Gasteiger partial charge < -0.3 is 10.0 Å². The van der Waals surface area contributed by atoms with Crippen molar-refractivity contribution in [3.05, 3.63) is 35.6 Å². The normalized spacial score (nSPS) is 19.9.